The van der Waals surface area contributed by atoms with Crippen LogP contribution in [-0.2, 0) is 0 Å². The molecule has 0 amide bonds. The number of nitrogens with one attached hydrogen (secondary N) is 2. The van der Waals surface area contributed by atoms with E-state index in [4.69, 9.17) is 0 Å². The molecule has 1 aliphatic rings. The minimum Gasteiger partial charge on any atom is -0.309 e. The van der Waals surface area contributed by atoms with E-state index in [9.17, 15) is 0 Å². The summed E-state index contributed by atoms with van der Waals surface area (Å²) < 4.78 is 0. The van der Waals surface area contributed by atoms with Gasteiger partial charge in [0.15, 0.2) is 0 Å². The fourth-order valence-electron chi connectivity index (χ4n) is 1.16. The van der Waals surface area contributed by atoms with Gasteiger partial charge in [-0.25, -0.2) is 0 Å². The van der Waals surface area contributed by atoms with Crippen molar-refractivity contribution in [2.75, 3.05) is 5.01 Å². The monoisotopic (exact) mass is 160 g/mol. The first-order valence-corrected chi connectivity index (χ1v) is 3.82. The number of aryl methyl sites for hydroxylation is 1. The summed E-state index contributed by atoms with van der Waals surface area (Å²) in [4.78, 5) is 0. The molecule has 3 heteroatoms. The zero-order valence-corrected chi connectivity index (χ0v) is 6.83. The van der Waals surface area contributed by atoms with Crippen molar-refractivity contribution in [2.24, 2.45) is 0 Å². The van der Waals surface area contributed by atoms with Crippen molar-refractivity contribution >= 4 is 5.69 Å². The number of benzene rings is 1. The fourth-order valence-corrected chi connectivity index (χ4v) is 1.16. The van der Waals surface area contributed by atoms with Crippen molar-refractivity contribution in [1.82, 2.24) is 11.0 Å². The summed E-state index contributed by atoms with van der Waals surface area (Å²) >= 11 is 0. The zero-order valence-electron chi connectivity index (χ0n) is 6.83. The summed E-state index contributed by atoms with van der Waals surface area (Å²) in [6.07, 6.45) is 3.77. The lowest BCUT2D eigenvalue weighted by Crippen LogP contribution is -2.35. The average molecular weight is 160 g/mol. The molecular weight excluding hydrogens is 150 g/mol. The molecule has 0 bridgehead atoms. The molecule has 0 atom stereocenters. The third kappa shape index (κ3) is 1.14. The number of nitrogens with zero attached hydrogens (tertiary/aromatic N) is 1. The SMILES string of the molecule is Cc1cc[c]cc1N1C=CNN1. The molecule has 0 unspecified atom stereocenters. The second kappa shape index (κ2) is 2.87. The van der Waals surface area contributed by atoms with Gasteiger partial charge in [-0.1, -0.05) is 12.1 Å². The van der Waals surface area contributed by atoms with Crippen molar-refractivity contribution in [3.05, 3.63) is 42.2 Å². The van der Waals surface area contributed by atoms with Gasteiger partial charge in [0.05, 0.1) is 5.69 Å². The van der Waals surface area contributed by atoms with Crippen LogP contribution in [0, 0.1) is 13.0 Å². The van der Waals surface area contributed by atoms with E-state index in [2.05, 4.69) is 24.0 Å². The third-order valence-electron chi connectivity index (χ3n) is 1.81. The van der Waals surface area contributed by atoms with Crippen LogP contribution in [0.3, 0.4) is 0 Å². The highest BCUT2D eigenvalue weighted by Crippen LogP contribution is 2.17. The van der Waals surface area contributed by atoms with Gasteiger partial charge in [0.25, 0.3) is 0 Å². The van der Waals surface area contributed by atoms with Crippen LogP contribution in [0.5, 0.6) is 0 Å². The van der Waals surface area contributed by atoms with E-state index in [0.717, 1.165) is 5.69 Å². The Kier molecular flexibility index (Phi) is 1.72. The molecule has 1 aromatic carbocycles. The second-order valence-electron chi connectivity index (χ2n) is 2.65. The average Bonchev–Trinajstić information content (AvgIpc) is 2.57. The Morgan fingerprint density at radius 3 is 3.08 bits per heavy atom. The van der Waals surface area contributed by atoms with Gasteiger partial charge >= 0.3 is 0 Å². The molecule has 0 saturated heterocycles. The van der Waals surface area contributed by atoms with Gasteiger partial charge in [-0.05, 0) is 24.6 Å². The molecular formula is C9H10N3. The molecule has 12 heavy (non-hydrogen) atoms. The van der Waals surface area contributed by atoms with E-state index in [1.807, 2.05) is 35.6 Å². The van der Waals surface area contributed by atoms with Gasteiger partial charge in [-0.2, -0.15) is 0 Å². The molecule has 1 aliphatic heterocycles. The summed E-state index contributed by atoms with van der Waals surface area (Å²) in [5, 5.41) is 1.91. The Labute approximate surface area is 71.6 Å². The molecule has 0 fully saturated rings. The molecule has 2 rings (SSSR count). The molecule has 0 saturated carbocycles. The highest BCUT2D eigenvalue weighted by atomic mass is 15.7. The van der Waals surface area contributed by atoms with Crippen LogP contribution in [0.15, 0.2) is 30.6 Å². The molecule has 1 heterocycles. The summed E-state index contributed by atoms with van der Waals surface area (Å²) in [6, 6.07) is 8.92. The number of rotatable bonds is 1. The Hall–Kier alpha value is -1.48. The summed E-state index contributed by atoms with van der Waals surface area (Å²) in [5.74, 6) is 0. The predicted molar refractivity (Wildman–Crippen MR) is 47.9 cm³/mol. The first kappa shape index (κ1) is 7.18. The number of anilines is 1. The Morgan fingerprint density at radius 2 is 2.42 bits per heavy atom. The zero-order chi connectivity index (χ0) is 8.39. The Balaban J connectivity index is 2.33. The van der Waals surface area contributed by atoms with Crippen LogP contribution in [0.2, 0.25) is 0 Å². The van der Waals surface area contributed by atoms with Gasteiger partial charge in [0, 0.05) is 12.4 Å². The van der Waals surface area contributed by atoms with Crippen LogP contribution in [0.25, 0.3) is 0 Å². The lowest BCUT2D eigenvalue weighted by atomic mass is 10.2. The van der Waals surface area contributed by atoms with Crippen molar-refractivity contribution < 1.29 is 0 Å². The summed E-state index contributed by atoms with van der Waals surface area (Å²) in [5.41, 5.74) is 8.17. The minimum absolute atomic E-state index is 1.11. The Bertz CT molecular complexity index is 306. The number of hydrogen-bond donors (Lipinski definition) is 2. The molecule has 61 valence electrons. The van der Waals surface area contributed by atoms with Gasteiger partial charge in [-0.15, -0.1) is 5.53 Å². The van der Waals surface area contributed by atoms with E-state index in [1.165, 1.54) is 5.56 Å². The van der Waals surface area contributed by atoms with Crippen molar-refractivity contribution in [1.29, 1.82) is 0 Å². The molecule has 1 radical (unpaired) electrons. The molecule has 1 aromatic rings. The lowest BCUT2D eigenvalue weighted by molar-refractivity contribution is 0.679. The smallest absolute Gasteiger partial charge is 0.0624 e. The minimum atomic E-state index is 1.11. The van der Waals surface area contributed by atoms with Gasteiger partial charge in [-0.3, -0.25) is 5.01 Å². The molecule has 0 aliphatic carbocycles. The summed E-state index contributed by atoms with van der Waals surface area (Å²) in [6.45, 7) is 2.07. The van der Waals surface area contributed by atoms with Crippen LogP contribution in [0.4, 0.5) is 5.69 Å². The topological polar surface area (TPSA) is 27.3 Å². The van der Waals surface area contributed by atoms with Crippen LogP contribution >= 0.6 is 0 Å². The first-order chi connectivity index (χ1) is 5.88. The molecule has 0 spiro atoms. The Morgan fingerprint density at radius 1 is 1.50 bits per heavy atom. The van der Waals surface area contributed by atoms with Crippen molar-refractivity contribution in [3.63, 3.8) is 0 Å². The molecule has 0 aromatic heterocycles. The first-order valence-electron chi connectivity index (χ1n) is 3.82. The fraction of sp³-hybridized carbons (Fsp3) is 0.111. The third-order valence-corrected chi connectivity index (χ3v) is 1.81. The van der Waals surface area contributed by atoms with Gasteiger partial charge in [0.2, 0.25) is 0 Å². The maximum absolute atomic E-state index is 3.04. The van der Waals surface area contributed by atoms with E-state index < -0.39 is 0 Å². The van der Waals surface area contributed by atoms with Gasteiger partial charge in [0.1, 0.15) is 0 Å². The quantitative estimate of drug-likeness (QED) is 0.644. The van der Waals surface area contributed by atoms with Crippen LogP contribution in [-0.4, -0.2) is 0 Å². The van der Waals surface area contributed by atoms with Crippen molar-refractivity contribution in [2.45, 2.75) is 6.92 Å². The van der Waals surface area contributed by atoms with Crippen LogP contribution < -0.4 is 16.0 Å². The number of hydrazine groups is 2. The second-order valence-corrected chi connectivity index (χ2v) is 2.65. The predicted octanol–water partition coefficient (Wildman–Crippen LogP) is 1.10. The standard InChI is InChI=1S/C9H10N3/c1-8-4-2-3-5-9(8)12-7-6-10-11-12/h2,4-7,10-11H,1H3. The van der Waals surface area contributed by atoms with Crippen molar-refractivity contribution in [3.8, 4) is 0 Å². The molecule has 2 N–H and O–H groups in total. The molecule has 3 nitrogen and oxygen atoms in total. The van der Waals surface area contributed by atoms with E-state index in [-0.39, 0.29) is 0 Å². The lowest BCUT2D eigenvalue weighted by Gasteiger charge is -2.17. The maximum Gasteiger partial charge on any atom is 0.0624 e. The highest BCUT2D eigenvalue weighted by Gasteiger charge is 2.06. The normalized spacial score (nSPS) is 14.9. The maximum atomic E-state index is 3.04. The highest BCUT2D eigenvalue weighted by molar-refractivity contribution is 5.54. The summed E-state index contributed by atoms with van der Waals surface area (Å²) in [7, 11) is 0. The van der Waals surface area contributed by atoms with Crippen LogP contribution in [0.1, 0.15) is 5.56 Å². The van der Waals surface area contributed by atoms with E-state index in [1.54, 1.807) is 0 Å². The van der Waals surface area contributed by atoms with E-state index in [0.29, 0.717) is 0 Å². The van der Waals surface area contributed by atoms with Gasteiger partial charge < -0.3 is 5.43 Å². The van der Waals surface area contributed by atoms with E-state index >= 15 is 0 Å². The largest absolute Gasteiger partial charge is 0.309 e. The number of hydrogen-bond acceptors (Lipinski definition) is 3.